The first-order chi connectivity index (χ1) is 15.8. The smallest absolute Gasteiger partial charge is 0.261 e. The van der Waals surface area contributed by atoms with Gasteiger partial charge in [-0.25, -0.2) is 17.8 Å². The zero-order valence-corrected chi connectivity index (χ0v) is 19.7. The van der Waals surface area contributed by atoms with Gasteiger partial charge >= 0.3 is 0 Å². The molecule has 2 aromatic carbocycles. The molecule has 1 atom stereocenters. The molecule has 0 aliphatic carbocycles. The van der Waals surface area contributed by atoms with Crippen LogP contribution in [0.1, 0.15) is 25.2 Å². The Kier molecular flexibility index (Phi) is 8.30. The van der Waals surface area contributed by atoms with Crippen molar-refractivity contribution in [1.82, 2.24) is 13.9 Å². The van der Waals surface area contributed by atoms with Crippen LogP contribution in [-0.4, -0.2) is 56.3 Å². The molecule has 1 aromatic heterocycles. The number of halogens is 1. The number of para-hydroxylation sites is 1. The lowest BCUT2D eigenvalue weighted by molar-refractivity contribution is 0.176. The SMILES string of the molecule is COCCCN(C(C)c1nc2ccccc2c(=O)n1CCOC)S(=O)(=O)c1ccc(F)cc1. The molecule has 0 N–H and O–H groups in total. The van der Waals surface area contributed by atoms with Gasteiger partial charge in [0.25, 0.3) is 5.56 Å². The highest BCUT2D eigenvalue weighted by Crippen LogP contribution is 2.27. The standard InChI is InChI=1S/C23H28FN3O5S/c1-17(22-25-21-8-5-4-7-20(21)23(28)26(22)14-16-32-3)27(13-6-15-31-2)33(29,30)19-11-9-18(24)10-12-19/h4-5,7-12,17H,6,13-16H2,1-3H3. The molecule has 1 heterocycles. The third kappa shape index (κ3) is 5.47. The third-order valence-electron chi connectivity index (χ3n) is 5.36. The van der Waals surface area contributed by atoms with Crippen LogP contribution in [0.4, 0.5) is 4.39 Å². The summed E-state index contributed by atoms with van der Waals surface area (Å²) in [6, 6.07) is 10.8. The molecule has 0 spiro atoms. The van der Waals surface area contributed by atoms with Gasteiger partial charge in [0.15, 0.2) is 0 Å². The van der Waals surface area contributed by atoms with Crippen molar-refractivity contribution in [3.05, 3.63) is 70.5 Å². The van der Waals surface area contributed by atoms with Crippen molar-refractivity contribution in [2.75, 3.05) is 34.0 Å². The fourth-order valence-corrected chi connectivity index (χ4v) is 5.29. The molecular formula is C23H28FN3O5S. The first-order valence-corrected chi connectivity index (χ1v) is 12.0. The van der Waals surface area contributed by atoms with Crippen LogP contribution >= 0.6 is 0 Å². The van der Waals surface area contributed by atoms with Crippen molar-refractivity contribution < 1.29 is 22.3 Å². The first kappa shape index (κ1) is 25.0. The van der Waals surface area contributed by atoms with Crippen molar-refractivity contribution in [1.29, 1.82) is 0 Å². The van der Waals surface area contributed by atoms with Gasteiger partial charge in [-0.3, -0.25) is 9.36 Å². The van der Waals surface area contributed by atoms with Crippen LogP contribution in [0.5, 0.6) is 0 Å². The molecule has 3 aromatic rings. The van der Waals surface area contributed by atoms with Crippen molar-refractivity contribution >= 4 is 20.9 Å². The van der Waals surface area contributed by atoms with E-state index in [2.05, 4.69) is 4.98 Å². The number of aromatic nitrogens is 2. The van der Waals surface area contributed by atoms with Crippen molar-refractivity contribution in [2.45, 2.75) is 30.8 Å². The molecule has 0 aliphatic rings. The number of sulfonamides is 1. The number of fused-ring (bicyclic) bond motifs is 1. The van der Waals surface area contributed by atoms with Crippen LogP contribution in [0.2, 0.25) is 0 Å². The van der Waals surface area contributed by atoms with Crippen molar-refractivity contribution in [3.63, 3.8) is 0 Å². The normalized spacial score (nSPS) is 13.0. The highest BCUT2D eigenvalue weighted by atomic mass is 32.2. The molecule has 0 bridgehead atoms. The molecule has 178 valence electrons. The minimum atomic E-state index is -4.02. The van der Waals surface area contributed by atoms with Gasteiger partial charge in [-0.15, -0.1) is 0 Å². The number of hydrogen-bond donors (Lipinski definition) is 0. The molecule has 0 amide bonds. The molecule has 0 radical (unpaired) electrons. The molecule has 1 unspecified atom stereocenters. The van der Waals surface area contributed by atoms with Gasteiger partial charge in [0.05, 0.1) is 35.0 Å². The van der Waals surface area contributed by atoms with Gasteiger partial charge < -0.3 is 9.47 Å². The lowest BCUT2D eigenvalue weighted by Gasteiger charge is -2.29. The molecule has 0 saturated heterocycles. The maximum atomic E-state index is 13.5. The average molecular weight is 478 g/mol. The fraction of sp³-hybridized carbons (Fsp3) is 0.391. The Morgan fingerprint density at radius 2 is 1.73 bits per heavy atom. The second-order valence-electron chi connectivity index (χ2n) is 7.53. The molecule has 3 rings (SSSR count). The summed E-state index contributed by atoms with van der Waals surface area (Å²) in [5, 5.41) is 0.442. The zero-order valence-electron chi connectivity index (χ0n) is 18.9. The van der Waals surface area contributed by atoms with E-state index in [1.807, 2.05) is 0 Å². The summed E-state index contributed by atoms with van der Waals surface area (Å²) in [4.78, 5) is 17.9. The Hall–Kier alpha value is -2.66. The zero-order chi connectivity index (χ0) is 24.0. The van der Waals surface area contributed by atoms with E-state index in [9.17, 15) is 17.6 Å². The predicted octanol–water partition coefficient (Wildman–Crippen LogP) is 2.97. The Bertz CT molecular complexity index is 1250. The van der Waals surface area contributed by atoms with Gasteiger partial charge in [-0.2, -0.15) is 4.31 Å². The quantitative estimate of drug-likeness (QED) is 0.395. The average Bonchev–Trinajstić information content (AvgIpc) is 2.81. The van der Waals surface area contributed by atoms with Crippen LogP contribution in [0.3, 0.4) is 0 Å². The van der Waals surface area contributed by atoms with Crippen LogP contribution in [-0.2, 0) is 26.0 Å². The van der Waals surface area contributed by atoms with Gasteiger partial charge in [-0.1, -0.05) is 12.1 Å². The number of hydrogen-bond acceptors (Lipinski definition) is 6. The van der Waals surface area contributed by atoms with E-state index in [1.165, 1.54) is 35.2 Å². The maximum Gasteiger partial charge on any atom is 0.261 e. The molecule has 33 heavy (non-hydrogen) atoms. The van der Waals surface area contributed by atoms with Gasteiger partial charge in [0.2, 0.25) is 10.0 Å². The Labute approximate surface area is 192 Å². The van der Waals surface area contributed by atoms with E-state index in [0.717, 1.165) is 12.1 Å². The van der Waals surface area contributed by atoms with Crippen LogP contribution in [0.25, 0.3) is 10.9 Å². The van der Waals surface area contributed by atoms with Gasteiger partial charge in [0.1, 0.15) is 11.6 Å². The molecule has 0 fully saturated rings. The van der Waals surface area contributed by atoms with E-state index in [0.29, 0.717) is 29.8 Å². The number of rotatable bonds is 11. The second kappa shape index (κ2) is 11.0. The summed E-state index contributed by atoms with van der Waals surface area (Å²) >= 11 is 0. The number of methoxy groups -OCH3 is 2. The topological polar surface area (TPSA) is 90.7 Å². The predicted molar refractivity (Wildman–Crippen MR) is 123 cm³/mol. The van der Waals surface area contributed by atoms with Crippen LogP contribution < -0.4 is 5.56 Å². The summed E-state index contributed by atoms with van der Waals surface area (Å²) < 4.78 is 53.5. The Morgan fingerprint density at radius 1 is 1.06 bits per heavy atom. The summed E-state index contributed by atoms with van der Waals surface area (Å²) in [6.45, 7) is 2.64. The summed E-state index contributed by atoms with van der Waals surface area (Å²) in [5.41, 5.74) is 0.213. The minimum absolute atomic E-state index is 0.0419. The molecule has 10 heteroatoms. The lowest BCUT2D eigenvalue weighted by Crippen LogP contribution is -2.39. The maximum absolute atomic E-state index is 13.5. The monoisotopic (exact) mass is 477 g/mol. The number of ether oxygens (including phenoxy) is 2. The molecule has 0 aliphatic heterocycles. The van der Waals surface area contributed by atoms with Crippen LogP contribution in [0.15, 0.2) is 58.2 Å². The first-order valence-electron chi connectivity index (χ1n) is 10.6. The van der Waals surface area contributed by atoms with E-state index < -0.39 is 21.9 Å². The Balaban J connectivity index is 2.14. The van der Waals surface area contributed by atoms with Gasteiger partial charge in [-0.05, 0) is 49.7 Å². The van der Waals surface area contributed by atoms with Gasteiger partial charge in [0, 0.05) is 27.4 Å². The third-order valence-corrected chi connectivity index (χ3v) is 7.35. The summed E-state index contributed by atoms with van der Waals surface area (Å²) in [5.74, 6) is -0.226. The minimum Gasteiger partial charge on any atom is -0.385 e. The van der Waals surface area contributed by atoms with Crippen LogP contribution in [0, 0.1) is 5.82 Å². The van der Waals surface area contributed by atoms with E-state index in [4.69, 9.17) is 9.47 Å². The highest BCUT2D eigenvalue weighted by molar-refractivity contribution is 7.89. The largest absolute Gasteiger partial charge is 0.385 e. The fourth-order valence-electron chi connectivity index (χ4n) is 3.66. The lowest BCUT2D eigenvalue weighted by atomic mass is 10.2. The highest BCUT2D eigenvalue weighted by Gasteiger charge is 2.32. The van der Waals surface area contributed by atoms with E-state index in [1.54, 1.807) is 31.2 Å². The van der Waals surface area contributed by atoms with Crippen molar-refractivity contribution in [2.24, 2.45) is 0 Å². The molecule has 0 saturated carbocycles. The summed E-state index contributed by atoms with van der Waals surface area (Å²) in [7, 11) is -0.961. The van der Waals surface area contributed by atoms with E-state index >= 15 is 0 Å². The molecule has 8 nitrogen and oxygen atoms in total. The number of benzene rings is 2. The number of nitrogens with zero attached hydrogens (tertiary/aromatic N) is 3. The Morgan fingerprint density at radius 3 is 2.39 bits per heavy atom. The summed E-state index contributed by atoms with van der Waals surface area (Å²) in [6.07, 6.45) is 0.428. The van der Waals surface area contributed by atoms with E-state index in [-0.39, 0.29) is 30.2 Å². The van der Waals surface area contributed by atoms with Crippen molar-refractivity contribution in [3.8, 4) is 0 Å². The molecular weight excluding hydrogens is 449 g/mol. The second-order valence-corrected chi connectivity index (χ2v) is 9.42.